The van der Waals surface area contributed by atoms with Crippen molar-refractivity contribution in [1.29, 1.82) is 0 Å². The first-order valence-corrected chi connectivity index (χ1v) is 6.60. The molecule has 2 rings (SSSR count). The molecule has 2 unspecified atom stereocenters. The first-order valence-electron chi connectivity index (χ1n) is 6.60. The molecule has 1 aromatic carbocycles. The van der Waals surface area contributed by atoms with Gasteiger partial charge in [0, 0.05) is 13.0 Å². The molecule has 1 aliphatic rings. The van der Waals surface area contributed by atoms with Crippen molar-refractivity contribution >= 4 is 0 Å². The summed E-state index contributed by atoms with van der Waals surface area (Å²) in [4.78, 5) is 0. The predicted molar refractivity (Wildman–Crippen MR) is 70.1 cm³/mol. The monoisotopic (exact) mass is 250 g/mol. The second-order valence-electron chi connectivity index (χ2n) is 4.81. The lowest BCUT2D eigenvalue weighted by atomic mass is 9.99. The number of hydrogen-bond donors (Lipinski definition) is 0. The highest BCUT2D eigenvalue weighted by atomic mass is 16.7. The van der Waals surface area contributed by atoms with Gasteiger partial charge in [0.15, 0.2) is 6.29 Å². The maximum Gasteiger partial charge on any atom is 0.184 e. The molecule has 0 bridgehead atoms. The second-order valence-corrected chi connectivity index (χ2v) is 4.81. The number of methoxy groups -OCH3 is 1. The van der Waals surface area contributed by atoms with Crippen molar-refractivity contribution in [1.82, 2.24) is 0 Å². The van der Waals surface area contributed by atoms with Crippen molar-refractivity contribution in [2.45, 2.75) is 45.4 Å². The summed E-state index contributed by atoms with van der Waals surface area (Å²) in [7, 11) is 1.67. The minimum atomic E-state index is -0.242. The molecule has 18 heavy (non-hydrogen) atoms. The normalized spacial score (nSPS) is 31.7. The molecule has 4 atom stereocenters. The van der Waals surface area contributed by atoms with E-state index in [2.05, 4.69) is 26.0 Å². The topological polar surface area (TPSA) is 27.7 Å². The van der Waals surface area contributed by atoms with Gasteiger partial charge in [-0.1, -0.05) is 44.2 Å². The molecule has 3 nitrogen and oxygen atoms in total. The van der Waals surface area contributed by atoms with Crippen LogP contribution in [0.5, 0.6) is 0 Å². The summed E-state index contributed by atoms with van der Waals surface area (Å²) in [6, 6.07) is 10.2. The van der Waals surface area contributed by atoms with Crippen LogP contribution in [0.2, 0.25) is 0 Å². The fraction of sp³-hybridized carbons (Fsp3) is 0.600. The van der Waals surface area contributed by atoms with Gasteiger partial charge in [-0.2, -0.15) is 0 Å². The van der Waals surface area contributed by atoms with Gasteiger partial charge in [0.2, 0.25) is 0 Å². The van der Waals surface area contributed by atoms with Gasteiger partial charge in [-0.05, 0) is 12.0 Å². The third-order valence-electron chi connectivity index (χ3n) is 3.60. The second kappa shape index (κ2) is 6.32. The average molecular weight is 250 g/mol. The van der Waals surface area contributed by atoms with E-state index < -0.39 is 0 Å². The molecular weight excluding hydrogens is 228 g/mol. The fourth-order valence-corrected chi connectivity index (χ4v) is 2.49. The molecule has 1 heterocycles. The molecule has 1 saturated heterocycles. The Morgan fingerprint density at radius 1 is 1.22 bits per heavy atom. The van der Waals surface area contributed by atoms with E-state index in [-0.39, 0.29) is 18.5 Å². The third kappa shape index (κ3) is 2.91. The van der Waals surface area contributed by atoms with Crippen molar-refractivity contribution in [2.75, 3.05) is 7.11 Å². The van der Waals surface area contributed by atoms with Crippen LogP contribution in [0.25, 0.3) is 0 Å². The zero-order chi connectivity index (χ0) is 13.0. The van der Waals surface area contributed by atoms with Gasteiger partial charge in [0.05, 0.1) is 12.7 Å². The van der Waals surface area contributed by atoms with Crippen LogP contribution in [0, 0.1) is 5.92 Å². The Kier molecular flexibility index (Phi) is 4.75. The first kappa shape index (κ1) is 13.5. The largest absolute Gasteiger partial charge is 0.368 e. The van der Waals surface area contributed by atoms with Gasteiger partial charge in [-0.25, -0.2) is 0 Å². The highest BCUT2D eigenvalue weighted by Crippen LogP contribution is 2.31. The van der Waals surface area contributed by atoms with Gasteiger partial charge in [0.1, 0.15) is 6.10 Å². The van der Waals surface area contributed by atoms with Gasteiger partial charge in [-0.15, -0.1) is 0 Å². The molecule has 0 aliphatic carbocycles. The molecule has 1 fully saturated rings. The van der Waals surface area contributed by atoms with E-state index in [1.54, 1.807) is 7.11 Å². The van der Waals surface area contributed by atoms with Crippen molar-refractivity contribution in [3.05, 3.63) is 35.9 Å². The Hall–Kier alpha value is -0.900. The van der Waals surface area contributed by atoms with E-state index in [4.69, 9.17) is 14.2 Å². The van der Waals surface area contributed by atoms with E-state index in [1.165, 1.54) is 5.56 Å². The SMILES string of the molecule is CC[C@H]1OC(OC)C(OCc2ccccc2)[C@@H]1C. The third-order valence-corrected chi connectivity index (χ3v) is 3.60. The van der Waals surface area contributed by atoms with Crippen LogP contribution in [0.15, 0.2) is 30.3 Å². The molecule has 0 aromatic heterocycles. The Balaban J connectivity index is 1.95. The minimum absolute atomic E-state index is 0.0140. The van der Waals surface area contributed by atoms with Crippen molar-refractivity contribution < 1.29 is 14.2 Å². The van der Waals surface area contributed by atoms with Gasteiger partial charge >= 0.3 is 0 Å². The zero-order valence-corrected chi connectivity index (χ0v) is 11.3. The van der Waals surface area contributed by atoms with E-state index in [0.29, 0.717) is 12.5 Å². The standard InChI is InChI=1S/C15H22O3/c1-4-13-11(2)14(15(16-3)18-13)17-10-12-8-6-5-7-9-12/h5-9,11,13-15H,4,10H2,1-3H3/t11-,13-,14?,15?/m1/s1. The smallest absolute Gasteiger partial charge is 0.184 e. The van der Waals surface area contributed by atoms with Gasteiger partial charge in [0.25, 0.3) is 0 Å². The van der Waals surface area contributed by atoms with Crippen LogP contribution in [0.1, 0.15) is 25.8 Å². The fourth-order valence-electron chi connectivity index (χ4n) is 2.49. The van der Waals surface area contributed by atoms with Crippen molar-refractivity contribution in [3.63, 3.8) is 0 Å². The molecule has 0 spiro atoms. The molecular formula is C15H22O3. The average Bonchev–Trinajstić information content (AvgIpc) is 2.73. The molecule has 100 valence electrons. The predicted octanol–water partition coefficient (Wildman–Crippen LogP) is 2.99. The Morgan fingerprint density at radius 3 is 2.56 bits per heavy atom. The summed E-state index contributed by atoms with van der Waals surface area (Å²) in [6.07, 6.45) is 0.996. The maximum atomic E-state index is 5.99. The van der Waals surface area contributed by atoms with Crippen molar-refractivity contribution in [2.24, 2.45) is 5.92 Å². The summed E-state index contributed by atoms with van der Waals surface area (Å²) in [5, 5.41) is 0. The maximum absolute atomic E-state index is 5.99. The Bertz CT molecular complexity index is 350. The summed E-state index contributed by atoms with van der Waals surface area (Å²) in [5.74, 6) is 0.365. The first-order chi connectivity index (χ1) is 8.76. The Morgan fingerprint density at radius 2 is 1.94 bits per heavy atom. The summed E-state index contributed by atoms with van der Waals surface area (Å²) >= 11 is 0. The number of benzene rings is 1. The summed E-state index contributed by atoms with van der Waals surface area (Å²) in [6.45, 7) is 4.91. The highest BCUT2D eigenvalue weighted by molar-refractivity contribution is 5.13. The van der Waals surface area contributed by atoms with Crippen LogP contribution < -0.4 is 0 Å². The van der Waals surface area contributed by atoms with Gasteiger partial charge < -0.3 is 14.2 Å². The number of rotatable bonds is 5. The van der Waals surface area contributed by atoms with Crippen molar-refractivity contribution in [3.8, 4) is 0 Å². The number of hydrogen-bond acceptors (Lipinski definition) is 3. The van der Waals surface area contributed by atoms with Crippen LogP contribution in [-0.2, 0) is 20.8 Å². The van der Waals surface area contributed by atoms with E-state index in [9.17, 15) is 0 Å². The minimum Gasteiger partial charge on any atom is -0.368 e. The lowest BCUT2D eigenvalue weighted by Crippen LogP contribution is -2.30. The molecule has 0 N–H and O–H groups in total. The van der Waals surface area contributed by atoms with Crippen LogP contribution >= 0.6 is 0 Å². The summed E-state index contributed by atoms with van der Waals surface area (Å²) in [5.41, 5.74) is 1.18. The Labute approximate surface area is 109 Å². The lowest BCUT2D eigenvalue weighted by molar-refractivity contribution is -0.164. The quantitative estimate of drug-likeness (QED) is 0.804. The van der Waals surface area contributed by atoms with Crippen LogP contribution in [-0.4, -0.2) is 25.6 Å². The lowest BCUT2D eigenvalue weighted by Gasteiger charge is -2.20. The van der Waals surface area contributed by atoms with Crippen LogP contribution in [0.4, 0.5) is 0 Å². The molecule has 0 saturated carbocycles. The molecule has 0 radical (unpaired) electrons. The van der Waals surface area contributed by atoms with E-state index >= 15 is 0 Å². The van der Waals surface area contributed by atoms with Gasteiger partial charge in [-0.3, -0.25) is 0 Å². The van der Waals surface area contributed by atoms with E-state index in [0.717, 1.165) is 6.42 Å². The van der Waals surface area contributed by atoms with E-state index in [1.807, 2.05) is 18.2 Å². The zero-order valence-electron chi connectivity index (χ0n) is 11.3. The molecule has 1 aromatic rings. The molecule has 3 heteroatoms. The van der Waals surface area contributed by atoms with Crippen LogP contribution in [0.3, 0.4) is 0 Å². The highest BCUT2D eigenvalue weighted by Gasteiger charge is 2.41. The molecule has 1 aliphatic heterocycles. The number of ether oxygens (including phenoxy) is 3. The summed E-state index contributed by atoms with van der Waals surface area (Å²) < 4.78 is 17.2. The molecule has 0 amide bonds.